The Labute approximate surface area is 206 Å². The van der Waals surface area contributed by atoms with Gasteiger partial charge in [-0.05, 0) is 79.2 Å². The van der Waals surface area contributed by atoms with Crippen LogP contribution in [-0.2, 0) is 6.54 Å². The third-order valence-corrected chi connectivity index (χ3v) is 7.37. The Hall–Kier alpha value is -2.55. The molecule has 3 aromatic rings. The van der Waals surface area contributed by atoms with Crippen molar-refractivity contribution in [3.63, 3.8) is 0 Å². The van der Waals surface area contributed by atoms with E-state index in [9.17, 15) is 0 Å². The van der Waals surface area contributed by atoms with Gasteiger partial charge in [-0.1, -0.05) is 50.1 Å². The summed E-state index contributed by atoms with van der Waals surface area (Å²) in [6.45, 7) is 6.00. The standard InChI is InChI=1S/C27H24Br2N2O/c1-4-13-32-22-10-12-26-23(15-22)27(21-8-6-20(7-9-21)18(2)3)30-17-31(26)16-19-5-11-24(28)25(29)14-19/h1,5-12,14-15,18H,13,16-17H2,2-3H3. The van der Waals surface area contributed by atoms with Crippen molar-refractivity contribution in [3.05, 3.63) is 91.9 Å². The molecule has 1 aliphatic rings. The molecule has 3 nitrogen and oxygen atoms in total. The first kappa shape index (κ1) is 22.6. The molecule has 32 heavy (non-hydrogen) atoms. The zero-order chi connectivity index (χ0) is 22.7. The summed E-state index contributed by atoms with van der Waals surface area (Å²) in [5.74, 6) is 3.78. The fourth-order valence-corrected chi connectivity index (χ4v) is 4.45. The summed E-state index contributed by atoms with van der Waals surface area (Å²) in [4.78, 5) is 7.26. The van der Waals surface area contributed by atoms with Crippen molar-refractivity contribution in [2.24, 2.45) is 4.99 Å². The van der Waals surface area contributed by atoms with Gasteiger partial charge in [-0.3, -0.25) is 4.99 Å². The molecule has 0 saturated carbocycles. The van der Waals surface area contributed by atoms with E-state index >= 15 is 0 Å². The molecule has 1 aliphatic heterocycles. The fraction of sp³-hybridized carbons (Fsp3) is 0.222. The van der Waals surface area contributed by atoms with Crippen molar-refractivity contribution in [2.45, 2.75) is 26.3 Å². The minimum Gasteiger partial charge on any atom is -0.481 e. The first-order valence-corrected chi connectivity index (χ1v) is 12.1. The van der Waals surface area contributed by atoms with Crippen LogP contribution in [0.25, 0.3) is 0 Å². The van der Waals surface area contributed by atoms with Gasteiger partial charge in [0.2, 0.25) is 0 Å². The Morgan fingerprint density at radius 1 is 1.03 bits per heavy atom. The minimum atomic E-state index is 0.241. The SMILES string of the molecule is C#CCOc1ccc2c(c1)C(c1ccc(C(C)C)cc1)=NCN2Cc1ccc(Br)c(Br)c1. The summed E-state index contributed by atoms with van der Waals surface area (Å²) in [7, 11) is 0. The third kappa shape index (κ3) is 4.92. The molecule has 162 valence electrons. The molecule has 0 unspecified atom stereocenters. The molecular weight excluding hydrogens is 528 g/mol. The Bertz CT molecular complexity index is 1190. The minimum absolute atomic E-state index is 0.241. The molecule has 0 radical (unpaired) electrons. The van der Waals surface area contributed by atoms with Gasteiger partial charge in [0.05, 0.1) is 5.71 Å². The average molecular weight is 552 g/mol. The Kier molecular flexibility index (Phi) is 7.03. The molecule has 3 aromatic carbocycles. The summed E-state index contributed by atoms with van der Waals surface area (Å²) >= 11 is 7.15. The molecule has 0 aromatic heterocycles. The predicted molar refractivity (Wildman–Crippen MR) is 140 cm³/mol. The molecule has 0 aliphatic carbocycles. The van der Waals surface area contributed by atoms with Crippen LogP contribution in [0.2, 0.25) is 0 Å². The van der Waals surface area contributed by atoms with E-state index in [-0.39, 0.29) is 6.61 Å². The van der Waals surface area contributed by atoms with E-state index in [4.69, 9.17) is 16.2 Å². The molecular formula is C27H24Br2N2O. The maximum absolute atomic E-state index is 5.72. The van der Waals surface area contributed by atoms with Gasteiger partial charge in [-0.15, -0.1) is 6.42 Å². The van der Waals surface area contributed by atoms with E-state index < -0.39 is 0 Å². The van der Waals surface area contributed by atoms with Crippen molar-refractivity contribution in [3.8, 4) is 18.1 Å². The highest BCUT2D eigenvalue weighted by atomic mass is 79.9. The zero-order valence-electron chi connectivity index (χ0n) is 18.1. The molecule has 0 N–H and O–H groups in total. The van der Waals surface area contributed by atoms with Crippen LogP contribution < -0.4 is 9.64 Å². The third-order valence-electron chi connectivity index (χ3n) is 5.49. The van der Waals surface area contributed by atoms with Crippen LogP contribution in [0, 0.1) is 12.3 Å². The molecule has 0 bridgehead atoms. The number of halogens is 2. The molecule has 5 heteroatoms. The smallest absolute Gasteiger partial charge is 0.148 e. The Morgan fingerprint density at radius 2 is 1.81 bits per heavy atom. The lowest BCUT2D eigenvalue weighted by atomic mass is 9.95. The monoisotopic (exact) mass is 550 g/mol. The summed E-state index contributed by atoms with van der Waals surface area (Å²) in [6, 6.07) is 21.2. The van der Waals surface area contributed by atoms with Gasteiger partial charge < -0.3 is 9.64 Å². The van der Waals surface area contributed by atoms with E-state index in [2.05, 4.69) is 105 Å². The number of hydrogen-bond acceptors (Lipinski definition) is 3. The maximum Gasteiger partial charge on any atom is 0.148 e. The normalized spacial score (nSPS) is 12.9. The number of terminal acetylenes is 1. The van der Waals surface area contributed by atoms with Gasteiger partial charge in [0.25, 0.3) is 0 Å². The van der Waals surface area contributed by atoms with Gasteiger partial charge in [0, 0.05) is 32.3 Å². The van der Waals surface area contributed by atoms with Crippen LogP contribution in [0.3, 0.4) is 0 Å². The molecule has 1 heterocycles. The zero-order valence-corrected chi connectivity index (χ0v) is 21.3. The molecule has 0 spiro atoms. The summed E-state index contributed by atoms with van der Waals surface area (Å²) in [5.41, 5.74) is 6.80. The fourth-order valence-electron chi connectivity index (χ4n) is 3.78. The summed E-state index contributed by atoms with van der Waals surface area (Å²) < 4.78 is 7.80. The number of fused-ring (bicyclic) bond motifs is 1. The lowest BCUT2D eigenvalue weighted by molar-refractivity contribution is 0.370. The van der Waals surface area contributed by atoms with Gasteiger partial charge in [-0.2, -0.15) is 0 Å². The van der Waals surface area contributed by atoms with E-state index in [0.717, 1.165) is 43.8 Å². The Balaban J connectivity index is 1.71. The topological polar surface area (TPSA) is 24.8 Å². The number of benzene rings is 3. The van der Waals surface area contributed by atoms with Gasteiger partial charge in [-0.25, -0.2) is 0 Å². The predicted octanol–water partition coefficient (Wildman–Crippen LogP) is 7.16. The lowest BCUT2D eigenvalue weighted by Crippen LogP contribution is -2.29. The second-order valence-electron chi connectivity index (χ2n) is 8.04. The van der Waals surface area contributed by atoms with Crippen LogP contribution >= 0.6 is 31.9 Å². The highest BCUT2D eigenvalue weighted by Crippen LogP contribution is 2.33. The lowest BCUT2D eigenvalue weighted by Gasteiger charge is -2.31. The average Bonchev–Trinajstić information content (AvgIpc) is 2.80. The first-order chi connectivity index (χ1) is 15.5. The van der Waals surface area contributed by atoms with E-state index in [1.54, 1.807) is 0 Å². The van der Waals surface area contributed by atoms with Crippen molar-refractivity contribution in [1.82, 2.24) is 0 Å². The second-order valence-corrected chi connectivity index (χ2v) is 9.75. The maximum atomic E-state index is 5.72. The highest BCUT2D eigenvalue weighted by Gasteiger charge is 2.22. The van der Waals surface area contributed by atoms with Gasteiger partial charge in [0.1, 0.15) is 19.0 Å². The number of aliphatic imine (C=N–C) groups is 1. The highest BCUT2D eigenvalue weighted by molar-refractivity contribution is 9.13. The van der Waals surface area contributed by atoms with Gasteiger partial charge >= 0.3 is 0 Å². The van der Waals surface area contributed by atoms with E-state index in [1.807, 2.05) is 12.1 Å². The van der Waals surface area contributed by atoms with Crippen molar-refractivity contribution in [2.75, 3.05) is 18.2 Å². The van der Waals surface area contributed by atoms with Gasteiger partial charge in [0.15, 0.2) is 0 Å². The second kappa shape index (κ2) is 9.94. The van der Waals surface area contributed by atoms with Crippen LogP contribution in [-0.4, -0.2) is 19.0 Å². The van der Waals surface area contributed by atoms with Crippen LogP contribution in [0.15, 0.2) is 74.6 Å². The molecule has 4 rings (SSSR count). The van der Waals surface area contributed by atoms with Crippen molar-refractivity contribution >= 4 is 43.3 Å². The quantitative estimate of drug-likeness (QED) is 0.303. The molecule has 0 atom stereocenters. The largest absolute Gasteiger partial charge is 0.481 e. The number of anilines is 1. The van der Waals surface area contributed by atoms with Crippen molar-refractivity contribution in [1.29, 1.82) is 0 Å². The first-order valence-electron chi connectivity index (χ1n) is 10.5. The summed E-state index contributed by atoms with van der Waals surface area (Å²) in [5, 5.41) is 0. The van der Waals surface area contributed by atoms with Crippen LogP contribution in [0.1, 0.15) is 42.0 Å². The molecule has 0 fully saturated rings. The van der Waals surface area contributed by atoms with E-state index in [0.29, 0.717) is 12.6 Å². The van der Waals surface area contributed by atoms with Crippen molar-refractivity contribution < 1.29 is 4.74 Å². The number of ether oxygens (including phenoxy) is 1. The molecule has 0 saturated heterocycles. The number of hydrogen-bond donors (Lipinski definition) is 0. The van der Waals surface area contributed by atoms with Crippen LogP contribution in [0.4, 0.5) is 5.69 Å². The number of rotatable bonds is 6. The molecule has 0 amide bonds. The number of nitrogens with zero attached hydrogens (tertiary/aromatic N) is 2. The van der Waals surface area contributed by atoms with Crippen LogP contribution in [0.5, 0.6) is 5.75 Å². The van der Waals surface area contributed by atoms with E-state index in [1.165, 1.54) is 11.1 Å². The Morgan fingerprint density at radius 3 is 2.50 bits per heavy atom. The summed E-state index contributed by atoms with van der Waals surface area (Å²) in [6.07, 6.45) is 5.39.